The molecular weight excluding hydrogens is 380 g/mol. The maximum Gasteiger partial charge on any atom is 0.220 e. The maximum absolute atomic E-state index is 11.2. The number of aromatic nitrogens is 3. The summed E-state index contributed by atoms with van der Waals surface area (Å²) in [6.45, 7) is 1.61. The molecule has 2 aromatic carbocycles. The molecule has 0 aliphatic heterocycles. The molecule has 1 atom stereocenters. The Labute approximate surface area is 166 Å². The number of benzene rings is 2. The van der Waals surface area contributed by atoms with Crippen LogP contribution in [-0.4, -0.2) is 40.5 Å². The normalized spacial score (nSPS) is 11.8. The molecule has 0 bridgehead atoms. The summed E-state index contributed by atoms with van der Waals surface area (Å²) in [5.41, 5.74) is 1.69. The van der Waals surface area contributed by atoms with Crippen molar-refractivity contribution in [1.29, 1.82) is 0 Å². The summed E-state index contributed by atoms with van der Waals surface area (Å²) in [4.78, 5) is 10.9. The first kappa shape index (κ1) is 19.7. The number of methoxy groups -OCH3 is 2. The van der Waals surface area contributed by atoms with Crippen molar-refractivity contribution in [3.8, 4) is 17.2 Å². The molecule has 146 valence electrons. The molecule has 0 saturated heterocycles. The third-order valence-corrected chi connectivity index (χ3v) is 5.36. The van der Waals surface area contributed by atoms with E-state index in [1.54, 1.807) is 26.4 Å². The molecule has 0 amide bonds. The largest absolute Gasteiger partial charge is 0.497 e. The fourth-order valence-corrected chi connectivity index (χ4v) is 3.91. The van der Waals surface area contributed by atoms with Crippen LogP contribution >= 0.6 is 11.8 Å². The summed E-state index contributed by atoms with van der Waals surface area (Å²) < 4.78 is 12.2. The number of rotatable bonds is 8. The first-order valence-corrected chi connectivity index (χ1v) is 9.38. The van der Waals surface area contributed by atoms with Gasteiger partial charge in [-0.2, -0.15) is 0 Å². The van der Waals surface area contributed by atoms with Crippen molar-refractivity contribution in [3.05, 3.63) is 70.0 Å². The van der Waals surface area contributed by atoms with E-state index in [4.69, 9.17) is 9.47 Å². The minimum atomic E-state index is -0.415. The zero-order valence-electron chi connectivity index (χ0n) is 15.7. The SMILES string of the molecule is COc1ccc([C@@H](C[N+](=O)[O-])Sc2nnc(C)n2-c2ccc(OC)cc2)cc1. The van der Waals surface area contributed by atoms with Crippen LogP contribution in [0.5, 0.6) is 11.5 Å². The van der Waals surface area contributed by atoms with E-state index in [-0.39, 0.29) is 11.5 Å². The van der Waals surface area contributed by atoms with Gasteiger partial charge in [0.1, 0.15) is 22.6 Å². The zero-order valence-corrected chi connectivity index (χ0v) is 16.5. The van der Waals surface area contributed by atoms with Crippen LogP contribution in [0.4, 0.5) is 0 Å². The van der Waals surface area contributed by atoms with Gasteiger partial charge in [0.2, 0.25) is 6.54 Å². The third kappa shape index (κ3) is 4.42. The van der Waals surface area contributed by atoms with Gasteiger partial charge in [-0.25, -0.2) is 0 Å². The molecule has 0 saturated carbocycles. The van der Waals surface area contributed by atoms with E-state index in [1.165, 1.54) is 11.8 Å². The number of nitro groups is 1. The smallest absolute Gasteiger partial charge is 0.220 e. The number of hydrogen-bond acceptors (Lipinski definition) is 7. The minimum absolute atomic E-state index is 0.231. The molecule has 3 rings (SSSR count). The molecule has 0 radical (unpaired) electrons. The number of nitrogens with zero attached hydrogens (tertiary/aromatic N) is 4. The van der Waals surface area contributed by atoms with Gasteiger partial charge in [-0.05, 0) is 48.9 Å². The third-order valence-electron chi connectivity index (χ3n) is 4.18. The quantitative estimate of drug-likeness (QED) is 0.323. The van der Waals surface area contributed by atoms with Crippen LogP contribution in [0.1, 0.15) is 16.6 Å². The summed E-state index contributed by atoms with van der Waals surface area (Å²) in [6, 6.07) is 14.7. The van der Waals surface area contributed by atoms with Gasteiger partial charge in [-0.1, -0.05) is 23.9 Å². The van der Waals surface area contributed by atoms with Crippen molar-refractivity contribution in [2.75, 3.05) is 20.8 Å². The van der Waals surface area contributed by atoms with Crippen molar-refractivity contribution in [3.63, 3.8) is 0 Å². The fourth-order valence-electron chi connectivity index (χ4n) is 2.74. The second-order valence-electron chi connectivity index (χ2n) is 5.96. The minimum Gasteiger partial charge on any atom is -0.497 e. The highest BCUT2D eigenvalue weighted by Gasteiger charge is 2.23. The van der Waals surface area contributed by atoms with E-state index in [2.05, 4.69) is 10.2 Å². The fraction of sp³-hybridized carbons (Fsp3) is 0.263. The average molecular weight is 400 g/mol. The monoisotopic (exact) mass is 400 g/mol. The van der Waals surface area contributed by atoms with E-state index in [0.29, 0.717) is 16.7 Å². The summed E-state index contributed by atoms with van der Waals surface area (Å²) in [5.74, 6) is 2.14. The van der Waals surface area contributed by atoms with Crippen LogP contribution in [0.25, 0.3) is 5.69 Å². The predicted octanol–water partition coefficient (Wildman–Crippen LogP) is 3.70. The molecule has 8 nitrogen and oxygen atoms in total. The molecule has 1 heterocycles. The first-order valence-electron chi connectivity index (χ1n) is 8.50. The number of aryl methyl sites for hydroxylation is 1. The Balaban J connectivity index is 1.93. The van der Waals surface area contributed by atoms with E-state index >= 15 is 0 Å². The molecule has 1 aromatic heterocycles. The lowest BCUT2D eigenvalue weighted by Gasteiger charge is -2.15. The standard InChI is InChI=1S/C19H20N4O4S/c1-13-20-21-19(23(13)15-6-10-17(27-3)11-7-15)28-18(12-22(24)25)14-4-8-16(26-2)9-5-14/h4-11,18H,12H2,1-3H3/t18-/m1/s1. The summed E-state index contributed by atoms with van der Waals surface area (Å²) in [7, 11) is 3.19. The van der Waals surface area contributed by atoms with Crippen LogP contribution in [0.3, 0.4) is 0 Å². The summed E-state index contributed by atoms with van der Waals surface area (Å²) in [5, 5.41) is 19.8. The highest BCUT2D eigenvalue weighted by molar-refractivity contribution is 7.99. The molecular formula is C19H20N4O4S. The van der Waals surface area contributed by atoms with E-state index in [9.17, 15) is 10.1 Å². The molecule has 0 fully saturated rings. The second-order valence-corrected chi connectivity index (χ2v) is 7.13. The lowest BCUT2D eigenvalue weighted by Crippen LogP contribution is -2.11. The van der Waals surface area contributed by atoms with Gasteiger partial charge in [0.05, 0.1) is 14.2 Å². The van der Waals surface area contributed by atoms with Crippen molar-refractivity contribution in [2.24, 2.45) is 0 Å². The van der Waals surface area contributed by atoms with Crippen molar-refractivity contribution < 1.29 is 14.4 Å². The van der Waals surface area contributed by atoms with Gasteiger partial charge in [0.15, 0.2) is 5.16 Å². The number of thioether (sulfide) groups is 1. The maximum atomic E-state index is 11.2. The van der Waals surface area contributed by atoms with Gasteiger partial charge >= 0.3 is 0 Å². The topological polar surface area (TPSA) is 92.3 Å². The van der Waals surface area contributed by atoms with Gasteiger partial charge in [-0.15, -0.1) is 10.2 Å². The molecule has 0 unspecified atom stereocenters. The highest BCUT2D eigenvalue weighted by Crippen LogP contribution is 2.36. The summed E-state index contributed by atoms with van der Waals surface area (Å²) >= 11 is 1.31. The summed E-state index contributed by atoms with van der Waals surface area (Å²) in [6.07, 6.45) is 0. The lowest BCUT2D eigenvalue weighted by atomic mass is 10.1. The first-order chi connectivity index (χ1) is 13.5. The van der Waals surface area contributed by atoms with Gasteiger partial charge in [0.25, 0.3) is 0 Å². The number of hydrogen-bond donors (Lipinski definition) is 0. The molecule has 0 aliphatic rings. The lowest BCUT2D eigenvalue weighted by molar-refractivity contribution is -0.479. The van der Waals surface area contributed by atoms with E-state index in [0.717, 1.165) is 17.0 Å². The molecule has 9 heteroatoms. The molecule has 0 spiro atoms. The second kappa shape index (κ2) is 8.75. The molecule has 3 aromatic rings. The van der Waals surface area contributed by atoms with Crippen molar-refractivity contribution >= 4 is 11.8 Å². The molecule has 28 heavy (non-hydrogen) atoms. The van der Waals surface area contributed by atoms with Gasteiger partial charge < -0.3 is 9.47 Å². The predicted molar refractivity (Wildman–Crippen MR) is 106 cm³/mol. The Bertz CT molecular complexity index is 942. The van der Waals surface area contributed by atoms with Crippen LogP contribution in [0.2, 0.25) is 0 Å². The highest BCUT2D eigenvalue weighted by atomic mass is 32.2. The van der Waals surface area contributed by atoms with Crippen LogP contribution < -0.4 is 9.47 Å². The van der Waals surface area contributed by atoms with Crippen LogP contribution in [0, 0.1) is 17.0 Å². The zero-order chi connectivity index (χ0) is 20.1. The van der Waals surface area contributed by atoms with Crippen molar-refractivity contribution in [2.45, 2.75) is 17.3 Å². The Hall–Kier alpha value is -3.07. The van der Waals surface area contributed by atoms with Crippen LogP contribution in [-0.2, 0) is 0 Å². The van der Waals surface area contributed by atoms with Crippen LogP contribution in [0.15, 0.2) is 53.7 Å². The molecule has 0 N–H and O–H groups in total. The average Bonchev–Trinajstić information content (AvgIpc) is 3.07. The Kier molecular flexibility index (Phi) is 6.15. The number of ether oxygens (including phenoxy) is 2. The van der Waals surface area contributed by atoms with Crippen molar-refractivity contribution in [1.82, 2.24) is 14.8 Å². The Morgan fingerprint density at radius 2 is 1.61 bits per heavy atom. The van der Waals surface area contributed by atoms with E-state index in [1.807, 2.05) is 47.9 Å². The Morgan fingerprint density at radius 1 is 1.04 bits per heavy atom. The van der Waals surface area contributed by atoms with E-state index < -0.39 is 5.25 Å². The van der Waals surface area contributed by atoms with Gasteiger partial charge in [0, 0.05) is 10.6 Å². The molecule has 0 aliphatic carbocycles. The van der Waals surface area contributed by atoms with Gasteiger partial charge in [-0.3, -0.25) is 14.7 Å². The Morgan fingerprint density at radius 3 is 2.14 bits per heavy atom.